The molecule has 0 saturated carbocycles. The molecule has 3 rings (SSSR count). The molecule has 0 fully saturated rings. The topological polar surface area (TPSA) is 21.3 Å². The van der Waals surface area contributed by atoms with E-state index in [4.69, 9.17) is 4.74 Å². The Labute approximate surface area is 114 Å². The number of para-hydroxylation sites is 1. The van der Waals surface area contributed by atoms with E-state index in [-0.39, 0.29) is 0 Å². The molecule has 0 bridgehead atoms. The summed E-state index contributed by atoms with van der Waals surface area (Å²) in [6.07, 6.45) is 2.27. The zero-order valence-corrected chi connectivity index (χ0v) is 11.2. The van der Waals surface area contributed by atoms with Gasteiger partial charge < -0.3 is 10.1 Å². The number of rotatable bonds is 4. The summed E-state index contributed by atoms with van der Waals surface area (Å²) in [6, 6.07) is 17.0. The summed E-state index contributed by atoms with van der Waals surface area (Å²) < 4.78 is 5.27. The Morgan fingerprint density at radius 2 is 2.05 bits per heavy atom. The quantitative estimate of drug-likeness (QED) is 0.894. The molecule has 1 heterocycles. The molecule has 2 nitrogen and oxygen atoms in total. The van der Waals surface area contributed by atoms with E-state index in [0.29, 0.717) is 5.92 Å². The molecule has 0 aromatic heterocycles. The summed E-state index contributed by atoms with van der Waals surface area (Å²) in [5.41, 5.74) is 4.12. The Hall–Kier alpha value is -1.96. The van der Waals surface area contributed by atoms with Crippen molar-refractivity contribution in [2.24, 2.45) is 0 Å². The van der Waals surface area contributed by atoms with Crippen LogP contribution in [0.15, 0.2) is 48.5 Å². The highest BCUT2D eigenvalue weighted by atomic mass is 16.5. The van der Waals surface area contributed by atoms with Crippen molar-refractivity contribution in [3.8, 4) is 5.75 Å². The smallest absolute Gasteiger partial charge is 0.119 e. The Kier molecular flexibility index (Phi) is 3.41. The predicted octanol–water partition coefficient (Wildman–Crippen LogP) is 3.84. The molecular formula is C17H19NO. The molecule has 2 aromatic carbocycles. The van der Waals surface area contributed by atoms with E-state index in [1.807, 2.05) is 6.07 Å². The van der Waals surface area contributed by atoms with E-state index >= 15 is 0 Å². The van der Waals surface area contributed by atoms with Crippen LogP contribution in [0.5, 0.6) is 5.75 Å². The molecule has 0 spiro atoms. The molecule has 19 heavy (non-hydrogen) atoms. The first-order chi connectivity index (χ1) is 9.36. The van der Waals surface area contributed by atoms with Gasteiger partial charge in [-0.3, -0.25) is 0 Å². The van der Waals surface area contributed by atoms with Crippen LogP contribution >= 0.6 is 0 Å². The van der Waals surface area contributed by atoms with Crippen molar-refractivity contribution in [2.75, 3.05) is 19.0 Å². The van der Waals surface area contributed by atoms with Gasteiger partial charge in [-0.1, -0.05) is 30.3 Å². The van der Waals surface area contributed by atoms with Gasteiger partial charge in [0.2, 0.25) is 0 Å². The summed E-state index contributed by atoms with van der Waals surface area (Å²) in [6.45, 7) is 1.06. The Morgan fingerprint density at radius 3 is 2.95 bits per heavy atom. The van der Waals surface area contributed by atoms with Crippen molar-refractivity contribution in [1.29, 1.82) is 0 Å². The third kappa shape index (κ3) is 2.58. The SMILES string of the molecule is COc1cccc(CCC2CNc3ccccc32)c1. The normalized spacial score (nSPS) is 16.8. The van der Waals surface area contributed by atoms with Crippen LogP contribution in [-0.2, 0) is 6.42 Å². The molecule has 1 N–H and O–H groups in total. The van der Waals surface area contributed by atoms with Gasteiger partial charge in [-0.05, 0) is 42.2 Å². The molecular weight excluding hydrogens is 234 g/mol. The van der Waals surface area contributed by atoms with Crippen LogP contribution in [-0.4, -0.2) is 13.7 Å². The number of nitrogens with one attached hydrogen (secondary N) is 1. The van der Waals surface area contributed by atoms with Gasteiger partial charge >= 0.3 is 0 Å². The maximum absolute atomic E-state index is 5.27. The molecule has 1 atom stereocenters. The molecule has 0 radical (unpaired) electrons. The lowest BCUT2D eigenvalue weighted by molar-refractivity contribution is 0.414. The molecule has 1 aliphatic heterocycles. The molecule has 0 saturated heterocycles. The van der Waals surface area contributed by atoms with Crippen LogP contribution in [0.25, 0.3) is 0 Å². The van der Waals surface area contributed by atoms with Gasteiger partial charge in [-0.15, -0.1) is 0 Å². The minimum Gasteiger partial charge on any atom is -0.497 e. The maximum atomic E-state index is 5.27. The van der Waals surface area contributed by atoms with Crippen molar-refractivity contribution in [3.05, 3.63) is 59.7 Å². The van der Waals surface area contributed by atoms with Crippen LogP contribution in [0.4, 0.5) is 5.69 Å². The number of benzene rings is 2. The second-order valence-corrected chi connectivity index (χ2v) is 5.06. The Morgan fingerprint density at radius 1 is 1.16 bits per heavy atom. The maximum Gasteiger partial charge on any atom is 0.119 e. The van der Waals surface area contributed by atoms with Crippen molar-refractivity contribution >= 4 is 5.69 Å². The second kappa shape index (κ2) is 5.35. The first-order valence-corrected chi connectivity index (χ1v) is 6.82. The number of fused-ring (bicyclic) bond motifs is 1. The van der Waals surface area contributed by atoms with Gasteiger partial charge in [0.25, 0.3) is 0 Å². The van der Waals surface area contributed by atoms with Gasteiger partial charge in [-0.25, -0.2) is 0 Å². The standard InChI is InChI=1S/C17H19NO/c1-19-15-6-4-5-13(11-15)9-10-14-12-18-17-8-3-2-7-16(14)17/h2-8,11,14,18H,9-10,12H2,1H3. The molecule has 1 aliphatic rings. The van der Waals surface area contributed by atoms with E-state index in [2.05, 4.69) is 47.8 Å². The molecule has 2 heteroatoms. The fourth-order valence-electron chi connectivity index (χ4n) is 2.78. The third-order valence-electron chi connectivity index (χ3n) is 3.86. The molecule has 0 aliphatic carbocycles. The van der Waals surface area contributed by atoms with Crippen molar-refractivity contribution in [2.45, 2.75) is 18.8 Å². The zero-order chi connectivity index (χ0) is 13.1. The van der Waals surface area contributed by atoms with Crippen LogP contribution in [0.2, 0.25) is 0 Å². The van der Waals surface area contributed by atoms with Crippen molar-refractivity contribution < 1.29 is 4.74 Å². The average Bonchev–Trinajstić information content (AvgIpc) is 2.89. The van der Waals surface area contributed by atoms with E-state index < -0.39 is 0 Å². The van der Waals surface area contributed by atoms with Gasteiger partial charge in [0.1, 0.15) is 5.75 Å². The Balaban J connectivity index is 1.67. The summed E-state index contributed by atoms with van der Waals surface area (Å²) in [5, 5.41) is 3.48. The second-order valence-electron chi connectivity index (χ2n) is 5.06. The number of aryl methyl sites for hydroxylation is 1. The van der Waals surface area contributed by atoms with E-state index in [1.165, 1.54) is 23.2 Å². The fraction of sp³-hybridized carbons (Fsp3) is 0.294. The van der Waals surface area contributed by atoms with Crippen LogP contribution in [0, 0.1) is 0 Å². The lowest BCUT2D eigenvalue weighted by atomic mass is 9.94. The lowest BCUT2D eigenvalue weighted by Gasteiger charge is -2.10. The number of hydrogen-bond donors (Lipinski definition) is 1. The monoisotopic (exact) mass is 253 g/mol. The number of hydrogen-bond acceptors (Lipinski definition) is 2. The van der Waals surface area contributed by atoms with E-state index in [9.17, 15) is 0 Å². The predicted molar refractivity (Wildman–Crippen MR) is 79.0 cm³/mol. The number of anilines is 1. The highest BCUT2D eigenvalue weighted by Gasteiger charge is 2.20. The van der Waals surface area contributed by atoms with Crippen LogP contribution in [0.3, 0.4) is 0 Å². The third-order valence-corrected chi connectivity index (χ3v) is 3.86. The van der Waals surface area contributed by atoms with E-state index in [0.717, 1.165) is 18.7 Å². The van der Waals surface area contributed by atoms with Gasteiger partial charge in [-0.2, -0.15) is 0 Å². The van der Waals surface area contributed by atoms with Gasteiger partial charge in [0.05, 0.1) is 7.11 Å². The van der Waals surface area contributed by atoms with Crippen LogP contribution in [0.1, 0.15) is 23.5 Å². The fourth-order valence-corrected chi connectivity index (χ4v) is 2.78. The van der Waals surface area contributed by atoms with Gasteiger partial charge in [0, 0.05) is 18.2 Å². The van der Waals surface area contributed by atoms with Gasteiger partial charge in [0.15, 0.2) is 0 Å². The van der Waals surface area contributed by atoms with E-state index in [1.54, 1.807) is 7.11 Å². The minimum absolute atomic E-state index is 0.627. The summed E-state index contributed by atoms with van der Waals surface area (Å²) in [4.78, 5) is 0. The molecule has 98 valence electrons. The zero-order valence-electron chi connectivity index (χ0n) is 11.2. The largest absolute Gasteiger partial charge is 0.497 e. The number of methoxy groups -OCH3 is 1. The summed E-state index contributed by atoms with van der Waals surface area (Å²) >= 11 is 0. The first kappa shape index (κ1) is 12.1. The summed E-state index contributed by atoms with van der Waals surface area (Å²) in [7, 11) is 1.72. The van der Waals surface area contributed by atoms with Crippen molar-refractivity contribution in [1.82, 2.24) is 0 Å². The van der Waals surface area contributed by atoms with Crippen molar-refractivity contribution in [3.63, 3.8) is 0 Å². The molecule has 2 aromatic rings. The highest BCUT2D eigenvalue weighted by molar-refractivity contribution is 5.57. The summed E-state index contributed by atoms with van der Waals surface area (Å²) in [5.74, 6) is 1.57. The average molecular weight is 253 g/mol. The Bertz CT molecular complexity index is 565. The van der Waals surface area contributed by atoms with Crippen LogP contribution < -0.4 is 10.1 Å². The molecule has 0 amide bonds. The first-order valence-electron chi connectivity index (χ1n) is 6.82. The highest BCUT2D eigenvalue weighted by Crippen LogP contribution is 2.34. The number of ether oxygens (including phenoxy) is 1. The minimum atomic E-state index is 0.627. The lowest BCUT2D eigenvalue weighted by Crippen LogP contribution is -2.03. The molecule has 1 unspecified atom stereocenters.